The highest BCUT2D eigenvalue weighted by Gasteiger charge is 2.33. The van der Waals surface area contributed by atoms with Crippen molar-refractivity contribution in [3.63, 3.8) is 0 Å². The topological polar surface area (TPSA) is 77.8 Å². The molecule has 1 heterocycles. The van der Waals surface area contributed by atoms with E-state index < -0.39 is 5.97 Å². The van der Waals surface area contributed by atoms with E-state index in [0.717, 1.165) is 5.57 Å². The van der Waals surface area contributed by atoms with Crippen molar-refractivity contribution in [1.82, 2.24) is 4.90 Å². The van der Waals surface area contributed by atoms with Gasteiger partial charge in [0.1, 0.15) is 4.32 Å². The summed E-state index contributed by atoms with van der Waals surface area (Å²) in [6, 6.07) is 0. The van der Waals surface area contributed by atoms with Crippen molar-refractivity contribution in [3.8, 4) is 0 Å². The molecule has 2 aliphatic rings. The number of allylic oxidation sites excluding steroid dienone is 5. The third-order valence-corrected chi connectivity index (χ3v) is 4.91. The normalized spacial score (nSPS) is 22.8. The predicted octanol–water partition coefficient (Wildman–Crippen LogP) is 3.00. The number of carboxylic acids is 1. The van der Waals surface area contributed by atoms with Gasteiger partial charge in [-0.2, -0.15) is 0 Å². The van der Waals surface area contributed by atoms with Crippen molar-refractivity contribution in [2.45, 2.75) is 26.7 Å². The molecule has 0 bridgehead atoms. The van der Waals surface area contributed by atoms with E-state index >= 15 is 0 Å². The van der Waals surface area contributed by atoms with Gasteiger partial charge < -0.3 is 10.2 Å². The number of hydrogen-bond donors (Lipinski definition) is 2. The van der Waals surface area contributed by atoms with Gasteiger partial charge in [-0.1, -0.05) is 43.9 Å². The van der Waals surface area contributed by atoms with Gasteiger partial charge in [0.2, 0.25) is 0 Å². The Balaban J connectivity index is 2.15. The molecule has 0 atom stereocenters. The van der Waals surface area contributed by atoms with Crippen LogP contribution >= 0.6 is 24.0 Å². The second kappa shape index (κ2) is 6.26. The molecule has 118 valence electrons. The second-order valence-electron chi connectivity index (χ2n) is 5.83. The Labute approximate surface area is 138 Å². The number of thioether (sulfide) groups is 1. The number of hydrogen-bond acceptors (Lipinski definition) is 5. The van der Waals surface area contributed by atoms with Crippen LogP contribution in [0.1, 0.15) is 26.7 Å². The van der Waals surface area contributed by atoms with Gasteiger partial charge in [0.05, 0.1) is 17.1 Å². The molecule has 0 saturated carbocycles. The van der Waals surface area contributed by atoms with E-state index in [1.54, 1.807) is 18.2 Å². The van der Waals surface area contributed by atoms with Crippen LogP contribution in [0.15, 0.2) is 34.5 Å². The molecule has 1 fully saturated rings. The van der Waals surface area contributed by atoms with E-state index in [1.807, 2.05) is 13.8 Å². The highest BCUT2D eigenvalue weighted by atomic mass is 32.2. The van der Waals surface area contributed by atoms with E-state index in [1.165, 1.54) is 16.7 Å². The van der Waals surface area contributed by atoms with Crippen LogP contribution in [0.3, 0.4) is 0 Å². The van der Waals surface area contributed by atoms with E-state index in [4.69, 9.17) is 17.3 Å². The second-order valence-corrected chi connectivity index (χ2v) is 7.51. The molecule has 0 aromatic carbocycles. The van der Waals surface area contributed by atoms with Crippen LogP contribution in [0.2, 0.25) is 0 Å². The molecule has 0 unspecified atom stereocenters. The Hall–Kier alpha value is -1.60. The van der Waals surface area contributed by atoms with Crippen LogP contribution in [0, 0.1) is 5.41 Å². The Bertz CT molecular complexity index is 631. The molecule has 0 aromatic rings. The van der Waals surface area contributed by atoms with Crippen LogP contribution < -0.4 is 0 Å². The van der Waals surface area contributed by atoms with Gasteiger partial charge in [0.15, 0.2) is 0 Å². The summed E-state index contributed by atoms with van der Waals surface area (Å²) < 4.78 is 0.381. The fourth-order valence-electron chi connectivity index (χ4n) is 2.24. The molecule has 1 aliphatic heterocycles. The van der Waals surface area contributed by atoms with E-state index in [-0.39, 0.29) is 24.3 Å². The van der Waals surface area contributed by atoms with Crippen LogP contribution in [-0.2, 0) is 9.59 Å². The average Bonchev–Trinajstić information content (AvgIpc) is 2.66. The molecule has 0 aromatic heterocycles. The Morgan fingerprint density at radius 1 is 1.50 bits per heavy atom. The molecule has 7 heteroatoms. The van der Waals surface area contributed by atoms with Crippen LogP contribution in [-0.4, -0.2) is 37.9 Å². The van der Waals surface area contributed by atoms with Crippen molar-refractivity contribution in [2.75, 3.05) is 6.54 Å². The van der Waals surface area contributed by atoms with Crippen molar-refractivity contribution in [1.29, 1.82) is 0 Å². The zero-order valence-corrected chi connectivity index (χ0v) is 14.0. The summed E-state index contributed by atoms with van der Waals surface area (Å²) in [5.74, 6) is -0.900. The van der Waals surface area contributed by atoms with E-state index in [9.17, 15) is 14.7 Å². The van der Waals surface area contributed by atoms with Gasteiger partial charge in [-0.25, -0.2) is 0 Å². The van der Waals surface area contributed by atoms with Gasteiger partial charge in [-0.3, -0.25) is 14.5 Å². The maximum Gasteiger partial charge on any atom is 0.305 e. The zero-order chi connectivity index (χ0) is 16.5. The van der Waals surface area contributed by atoms with Crippen molar-refractivity contribution in [2.24, 2.45) is 5.41 Å². The number of carbonyl (C=O) groups excluding carboxylic acids is 1. The molecular weight excluding hydrogens is 322 g/mol. The lowest BCUT2D eigenvalue weighted by Gasteiger charge is -2.27. The summed E-state index contributed by atoms with van der Waals surface area (Å²) in [5, 5.41) is 18.5. The van der Waals surface area contributed by atoms with Gasteiger partial charge >= 0.3 is 5.97 Å². The molecule has 1 aliphatic carbocycles. The summed E-state index contributed by atoms with van der Waals surface area (Å²) in [6.45, 7) is 3.94. The van der Waals surface area contributed by atoms with E-state index in [0.29, 0.717) is 21.4 Å². The van der Waals surface area contributed by atoms with E-state index in [2.05, 4.69) is 0 Å². The molecule has 5 nitrogen and oxygen atoms in total. The quantitative estimate of drug-likeness (QED) is 0.605. The Morgan fingerprint density at radius 3 is 2.77 bits per heavy atom. The lowest BCUT2D eigenvalue weighted by molar-refractivity contribution is -0.137. The number of carbonyl (C=O) groups is 2. The maximum atomic E-state index is 12.3. The minimum absolute atomic E-state index is 0.0859. The largest absolute Gasteiger partial charge is 0.512 e. The first-order valence-electron chi connectivity index (χ1n) is 6.78. The van der Waals surface area contributed by atoms with Crippen molar-refractivity contribution in [3.05, 3.63) is 34.5 Å². The Morgan fingerprint density at radius 2 is 2.18 bits per heavy atom. The molecular formula is C15H17NO4S2. The summed E-state index contributed by atoms with van der Waals surface area (Å²) in [7, 11) is 0. The number of carboxylic acid groups (broad SMARTS) is 1. The van der Waals surface area contributed by atoms with Gasteiger partial charge in [-0.15, -0.1) is 0 Å². The summed E-state index contributed by atoms with van der Waals surface area (Å²) in [6.07, 6.45) is 5.68. The van der Waals surface area contributed by atoms with Gasteiger partial charge in [0, 0.05) is 12.0 Å². The zero-order valence-electron chi connectivity index (χ0n) is 12.3. The fraction of sp³-hybridized carbons (Fsp3) is 0.400. The summed E-state index contributed by atoms with van der Waals surface area (Å²) >= 11 is 6.32. The SMILES string of the molecule is CC1(C)CC(/C=C2\SC(=S)N(CCC(=O)O)C2=O)=CC=C1O. The summed E-state index contributed by atoms with van der Waals surface area (Å²) in [4.78, 5) is 24.7. The first-order valence-corrected chi connectivity index (χ1v) is 8.00. The molecule has 1 amide bonds. The minimum Gasteiger partial charge on any atom is -0.512 e. The number of aliphatic hydroxyl groups is 1. The summed E-state index contributed by atoms with van der Waals surface area (Å²) in [5.41, 5.74) is 0.568. The lowest BCUT2D eigenvalue weighted by Crippen LogP contribution is -2.30. The van der Waals surface area contributed by atoms with Gasteiger partial charge in [0.25, 0.3) is 5.91 Å². The van der Waals surface area contributed by atoms with Gasteiger partial charge in [-0.05, 0) is 24.1 Å². The Kier molecular flexibility index (Phi) is 4.77. The highest BCUT2D eigenvalue weighted by molar-refractivity contribution is 8.26. The lowest BCUT2D eigenvalue weighted by atomic mass is 9.80. The number of amides is 1. The van der Waals surface area contributed by atoms with Crippen LogP contribution in [0.25, 0.3) is 0 Å². The van der Waals surface area contributed by atoms with Crippen LogP contribution in [0.4, 0.5) is 0 Å². The minimum atomic E-state index is -0.963. The standard InChI is InChI=1S/C15H17NO4S2/c1-15(2)8-9(3-4-11(15)17)7-10-13(20)16(14(21)22-10)6-5-12(18)19/h3-4,7,17H,5-6,8H2,1-2H3,(H,18,19)/b10-7-. The molecule has 2 N–H and O–H groups in total. The molecule has 1 saturated heterocycles. The van der Waals surface area contributed by atoms with Crippen molar-refractivity contribution < 1.29 is 19.8 Å². The third-order valence-electron chi connectivity index (χ3n) is 3.53. The third kappa shape index (κ3) is 3.59. The first kappa shape index (κ1) is 16.8. The maximum absolute atomic E-state index is 12.3. The fourth-order valence-corrected chi connectivity index (χ4v) is 3.56. The predicted molar refractivity (Wildman–Crippen MR) is 89.4 cm³/mol. The molecule has 2 rings (SSSR count). The average molecular weight is 339 g/mol. The highest BCUT2D eigenvalue weighted by Crippen LogP contribution is 2.38. The smallest absolute Gasteiger partial charge is 0.305 e. The molecule has 22 heavy (non-hydrogen) atoms. The molecule has 0 radical (unpaired) electrons. The number of aliphatic hydroxyl groups excluding tert-OH is 1. The monoisotopic (exact) mass is 339 g/mol. The molecule has 0 spiro atoms. The number of nitrogens with zero attached hydrogens (tertiary/aromatic N) is 1. The number of thiocarbonyl (C=S) groups is 1. The first-order chi connectivity index (χ1) is 10.2. The van der Waals surface area contributed by atoms with Crippen molar-refractivity contribution >= 4 is 40.2 Å². The number of aliphatic carboxylic acids is 1. The van der Waals surface area contributed by atoms with Crippen LogP contribution in [0.5, 0.6) is 0 Å². The number of rotatable bonds is 4.